The molecule has 0 heterocycles. The largest absolute Gasteiger partial charge is 0.339 e. The van der Waals surface area contributed by atoms with E-state index in [1.165, 1.54) is 0 Å². The fourth-order valence-electron chi connectivity index (χ4n) is 2.68. The van der Waals surface area contributed by atoms with Crippen molar-refractivity contribution in [1.29, 1.82) is 0 Å². The molecule has 0 saturated carbocycles. The molecular weight excluding hydrogens is 358 g/mol. The molecule has 2 aromatic carbocycles. The highest BCUT2D eigenvalue weighted by molar-refractivity contribution is 7.80. The second-order valence-electron chi connectivity index (χ2n) is 6.05. The Kier molecular flexibility index (Phi) is 7.95. The highest BCUT2D eigenvalue weighted by Crippen LogP contribution is 2.13. The van der Waals surface area contributed by atoms with E-state index in [9.17, 15) is 9.59 Å². The molecule has 0 atom stereocenters. The Morgan fingerprint density at radius 2 is 1.70 bits per heavy atom. The van der Waals surface area contributed by atoms with Gasteiger partial charge in [-0.25, -0.2) is 0 Å². The first-order valence-corrected chi connectivity index (χ1v) is 9.48. The van der Waals surface area contributed by atoms with Crippen LogP contribution in [0.4, 0.5) is 5.69 Å². The van der Waals surface area contributed by atoms with E-state index in [2.05, 4.69) is 10.6 Å². The van der Waals surface area contributed by atoms with E-state index in [1.54, 1.807) is 29.2 Å². The molecule has 0 aliphatic carbocycles. The zero-order valence-electron chi connectivity index (χ0n) is 15.7. The zero-order valence-corrected chi connectivity index (χ0v) is 16.5. The van der Waals surface area contributed by atoms with E-state index in [-0.39, 0.29) is 16.9 Å². The van der Waals surface area contributed by atoms with Crippen LogP contribution in [0.25, 0.3) is 0 Å². The lowest BCUT2D eigenvalue weighted by Gasteiger charge is -2.19. The van der Waals surface area contributed by atoms with E-state index in [4.69, 9.17) is 12.2 Å². The standard InChI is InChI=1S/C21H25N3O2S/c1-3-24(4-2)20(26)17-11-8-12-18(15-17)22-21(27)23-19(25)14-13-16-9-6-5-7-10-16/h5-12,15H,3-4,13-14H2,1-2H3,(H2,22,23,25,27). The number of thiocarbonyl (C=S) groups is 1. The Morgan fingerprint density at radius 1 is 1.00 bits per heavy atom. The van der Waals surface area contributed by atoms with Gasteiger partial charge in [-0.3, -0.25) is 9.59 Å². The summed E-state index contributed by atoms with van der Waals surface area (Å²) in [7, 11) is 0. The van der Waals surface area contributed by atoms with Crippen LogP contribution in [-0.4, -0.2) is 34.9 Å². The Labute approximate surface area is 165 Å². The lowest BCUT2D eigenvalue weighted by atomic mass is 10.1. The van der Waals surface area contributed by atoms with E-state index >= 15 is 0 Å². The van der Waals surface area contributed by atoms with Crippen LogP contribution in [0.2, 0.25) is 0 Å². The van der Waals surface area contributed by atoms with Gasteiger partial charge in [0.25, 0.3) is 5.91 Å². The molecular formula is C21H25N3O2S. The van der Waals surface area contributed by atoms with Crippen LogP contribution in [0.5, 0.6) is 0 Å². The number of anilines is 1. The summed E-state index contributed by atoms with van der Waals surface area (Å²) < 4.78 is 0. The fourth-order valence-corrected chi connectivity index (χ4v) is 2.91. The third-order valence-corrected chi connectivity index (χ3v) is 4.36. The molecule has 2 rings (SSSR count). The number of aryl methyl sites for hydroxylation is 1. The number of nitrogens with one attached hydrogen (secondary N) is 2. The maximum absolute atomic E-state index is 12.4. The van der Waals surface area contributed by atoms with Crippen LogP contribution in [0, 0.1) is 0 Å². The topological polar surface area (TPSA) is 61.4 Å². The maximum Gasteiger partial charge on any atom is 0.253 e. The summed E-state index contributed by atoms with van der Waals surface area (Å²) in [5, 5.41) is 5.87. The second kappa shape index (κ2) is 10.4. The first-order chi connectivity index (χ1) is 13.0. The number of carbonyl (C=O) groups excluding carboxylic acids is 2. The summed E-state index contributed by atoms with van der Waals surface area (Å²) in [5.74, 6) is -0.173. The average molecular weight is 384 g/mol. The minimum absolute atomic E-state index is 0.0264. The average Bonchev–Trinajstić information content (AvgIpc) is 2.68. The predicted molar refractivity (Wildman–Crippen MR) is 113 cm³/mol. The second-order valence-corrected chi connectivity index (χ2v) is 6.45. The summed E-state index contributed by atoms with van der Waals surface area (Å²) in [6, 6.07) is 16.9. The number of carbonyl (C=O) groups is 2. The number of hydrogen-bond donors (Lipinski definition) is 2. The molecule has 6 heteroatoms. The van der Waals surface area contributed by atoms with Crippen LogP contribution in [-0.2, 0) is 11.2 Å². The van der Waals surface area contributed by atoms with Crippen LogP contribution in [0.3, 0.4) is 0 Å². The third-order valence-electron chi connectivity index (χ3n) is 4.15. The van der Waals surface area contributed by atoms with Crippen LogP contribution in [0.1, 0.15) is 36.2 Å². The minimum atomic E-state index is -0.147. The fraction of sp³-hybridized carbons (Fsp3) is 0.286. The quantitative estimate of drug-likeness (QED) is 0.717. The lowest BCUT2D eigenvalue weighted by Crippen LogP contribution is -2.34. The molecule has 2 aromatic rings. The summed E-state index contributed by atoms with van der Waals surface area (Å²) in [4.78, 5) is 26.3. The molecule has 0 aromatic heterocycles. The maximum atomic E-state index is 12.4. The molecule has 2 amide bonds. The van der Waals surface area contributed by atoms with Gasteiger partial charge in [-0.15, -0.1) is 0 Å². The minimum Gasteiger partial charge on any atom is -0.339 e. The van der Waals surface area contributed by atoms with Gasteiger partial charge in [-0.1, -0.05) is 36.4 Å². The highest BCUT2D eigenvalue weighted by atomic mass is 32.1. The molecule has 0 radical (unpaired) electrons. The smallest absolute Gasteiger partial charge is 0.253 e. The third kappa shape index (κ3) is 6.49. The van der Waals surface area contributed by atoms with Gasteiger partial charge in [0.15, 0.2) is 5.11 Å². The van der Waals surface area contributed by atoms with Crippen molar-refractivity contribution in [2.45, 2.75) is 26.7 Å². The molecule has 0 spiro atoms. The van der Waals surface area contributed by atoms with Crippen molar-refractivity contribution in [2.24, 2.45) is 0 Å². The van der Waals surface area contributed by atoms with E-state index in [0.717, 1.165) is 5.56 Å². The Bertz CT molecular complexity index is 789. The molecule has 27 heavy (non-hydrogen) atoms. The van der Waals surface area contributed by atoms with Crippen molar-refractivity contribution in [3.05, 3.63) is 65.7 Å². The Hall–Kier alpha value is -2.73. The molecule has 142 valence electrons. The van der Waals surface area contributed by atoms with Crippen molar-refractivity contribution in [2.75, 3.05) is 18.4 Å². The number of hydrogen-bond acceptors (Lipinski definition) is 3. The summed E-state index contributed by atoms with van der Waals surface area (Å²) in [6.07, 6.45) is 1.01. The number of amides is 2. The Morgan fingerprint density at radius 3 is 2.37 bits per heavy atom. The normalized spacial score (nSPS) is 10.1. The van der Waals surface area contributed by atoms with E-state index < -0.39 is 0 Å². The van der Waals surface area contributed by atoms with Gasteiger partial charge in [0.1, 0.15) is 0 Å². The SMILES string of the molecule is CCN(CC)C(=O)c1cccc(NC(=S)NC(=O)CCc2ccccc2)c1. The van der Waals surface area contributed by atoms with Crippen molar-refractivity contribution in [3.63, 3.8) is 0 Å². The van der Waals surface area contributed by atoms with Crippen molar-refractivity contribution in [3.8, 4) is 0 Å². The summed E-state index contributed by atoms with van der Waals surface area (Å²) in [6.45, 7) is 5.21. The molecule has 0 saturated heterocycles. The zero-order chi connectivity index (χ0) is 19.6. The van der Waals surface area contributed by atoms with Crippen molar-refractivity contribution >= 4 is 34.8 Å². The van der Waals surface area contributed by atoms with Gasteiger partial charge < -0.3 is 15.5 Å². The summed E-state index contributed by atoms with van der Waals surface area (Å²) >= 11 is 5.21. The molecule has 0 fully saturated rings. The van der Waals surface area contributed by atoms with Gasteiger partial charge in [0.05, 0.1) is 0 Å². The lowest BCUT2D eigenvalue weighted by molar-refractivity contribution is -0.119. The van der Waals surface area contributed by atoms with Crippen LogP contribution in [0.15, 0.2) is 54.6 Å². The van der Waals surface area contributed by atoms with Crippen LogP contribution < -0.4 is 10.6 Å². The molecule has 0 aliphatic rings. The first kappa shape index (κ1) is 20.6. The van der Waals surface area contributed by atoms with Crippen molar-refractivity contribution in [1.82, 2.24) is 10.2 Å². The monoisotopic (exact) mass is 383 g/mol. The highest BCUT2D eigenvalue weighted by Gasteiger charge is 2.13. The Balaban J connectivity index is 1.89. The van der Waals surface area contributed by atoms with Gasteiger partial charge in [-0.2, -0.15) is 0 Å². The molecule has 5 nitrogen and oxygen atoms in total. The van der Waals surface area contributed by atoms with Crippen molar-refractivity contribution < 1.29 is 9.59 Å². The van der Waals surface area contributed by atoms with Gasteiger partial charge in [0, 0.05) is 30.8 Å². The number of benzene rings is 2. The van der Waals surface area contributed by atoms with Gasteiger partial charge in [-0.05, 0) is 56.2 Å². The first-order valence-electron chi connectivity index (χ1n) is 9.07. The van der Waals surface area contributed by atoms with Gasteiger partial charge in [0.2, 0.25) is 5.91 Å². The summed E-state index contributed by atoms with van der Waals surface area (Å²) in [5.41, 5.74) is 2.36. The van der Waals surface area contributed by atoms with E-state index in [1.807, 2.05) is 44.2 Å². The molecule has 0 aliphatic heterocycles. The number of nitrogens with zero attached hydrogens (tertiary/aromatic N) is 1. The van der Waals surface area contributed by atoms with Gasteiger partial charge >= 0.3 is 0 Å². The molecule has 0 unspecified atom stereocenters. The predicted octanol–water partition coefficient (Wildman–Crippen LogP) is 3.61. The van der Waals surface area contributed by atoms with Crippen LogP contribution >= 0.6 is 12.2 Å². The molecule has 0 bridgehead atoms. The molecule has 2 N–H and O–H groups in total. The van der Waals surface area contributed by atoms with E-state index in [0.29, 0.717) is 37.2 Å². The number of rotatable bonds is 7.